The Morgan fingerprint density at radius 2 is 1.96 bits per heavy atom. The number of nitro groups is 1. The number of aromatic nitrogens is 2. The summed E-state index contributed by atoms with van der Waals surface area (Å²) in [7, 11) is 0. The molecule has 0 saturated carbocycles. The van der Waals surface area contributed by atoms with Gasteiger partial charge in [-0.2, -0.15) is 5.10 Å². The van der Waals surface area contributed by atoms with E-state index in [1.807, 2.05) is 0 Å². The minimum absolute atomic E-state index is 0.158. The summed E-state index contributed by atoms with van der Waals surface area (Å²) in [5.74, 6) is -1.69. The Hall–Kier alpha value is -2.98. The molecule has 0 aromatic carbocycles. The number of piperidine rings is 1. The van der Waals surface area contributed by atoms with Gasteiger partial charge in [0, 0.05) is 6.54 Å². The molecule has 28 heavy (non-hydrogen) atoms. The van der Waals surface area contributed by atoms with Crippen LogP contribution < -0.4 is 0 Å². The number of amides is 1. The van der Waals surface area contributed by atoms with Crippen molar-refractivity contribution in [3.63, 3.8) is 0 Å². The van der Waals surface area contributed by atoms with E-state index in [2.05, 4.69) is 5.10 Å². The molecule has 1 unspecified atom stereocenters. The monoisotopic (exact) mass is 396 g/mol. The molecular weight excluding hydrogens is 372 g/mol. The Morgan fingerprint density at radius 1 is 1.25 bits per heavy atom. The number of carbonyl (C=O) groups excluding carboxylic acids is 3. The summed E-state index contributed by atoms with van der Waals surface area (Å²) in [5.41, 5.74) is 0.260. The summed E-state index contributed by atoms with van der Waals surface area (Å²) in [5, 5.41) is 15.0. The van der Waals surface area contributed by atoms with Gasteiger partial charge in [0.2, 0.25) is 0 Å². The third-order valence-electron chi connectivity index (χ3n) is 4.54. The highest BCUT2D eigenvalue weighted by atomic mass is 16.6. The van der Waals surface area contributed by atoms with Gasteiger partial charge in [-0.25, -0.2) is 4.79 Å². The molecule has 1 aromatic heterocycles. The fraction of sp³-hybridized carbons (Fsp3) is 0.647. The average Bonchev–Trinajstić information content (AvgIpc) is 2.93. The van der Waals surface area contributed by atoms with E-state index in [1.54, 1.807) is 6.92 Å². The summed E-state index contributed by atoms with van der Waals surface area (Å²) >= 11 is 0. The molecule has 2 rings (SSSR count). The van der Waals surface area contributed by atoms with Crippen molar-refractivity contribution in [3.05, 3.63) is 21.5 Å². The van der Waals surface area contributed by atoms with Crippen LogP contribution in [0.2, 0.25) is 0 Å². The average molecular weight is 396 g/mol. The quantitative estimate of drug-likeness (QED) is 0.377. The summed E-state index contributed by atoms with van der Waals surface area (Å²) < 4.78 is 11.2. The van der Waals surface area contributed by atoms with Gasteiger partial charge in [-0.1, -0.05) is 0 Å². The Labute approximate surface area is 161 Å². The second kappa shape index (κ2) is 9.29. The summed E-state index contributed by atoms with van der Waals surface area (Å²) in [6.07, 6.45) is 2.07. The first-order valence-corrected chi connectivity index (χ1v) is 9.06. The minimum Gasteiger partial charge on any atom is -0.464 e. The van der Waals surface area contributed by atoms with E-state index in [-0.39, 0.29) is 30.2 Å². The molecule has 1 aliphatic rings. The molecule has 11 nitrogen and oxygen atoms in total. The lowest BCUT2D eigenvalue weighted by molar-refractivity contribution is -0.386. The fourth-order valence-electron chi connectivity index (χ4n) is 3.21. The van der Waals surface area contributed by atoms with Gasteiger partial charge < -0.3 is 14.4 Å². The lowest BCUT2D eigenvalue weighted by Gasteiger charge is -2.33. The highest BCUT2D eigenvalue weighted by Crippen LogP contribution is 2.22. The van der Waals surface area contributed by atoms with Crippen LogP contribution in [-0.2, 0) is 30.4 Å². The van der Waals surface area contributed by atoms with E-state index < -0.39 is 35.4 Å². The minimum atomic E-state index is -0.751. The zero-order chi connectivity index (χ0) is 20.8. The fourth-order valence-corrected chi connectivity index (χ4v) is 3.21. The number of likely N-dealkylation sites (tertiary alicyclic amines) is 1. The summed E-state index contributed by atoms with van der Waals surface area (Å²) in [6.45, 7) is 4.39. The third kappa shape index (κ3) is 4.84. The van der Waals surface area contributed by atoms with E-state index in [1.165, 1.54) is 23.4 Å². The van der Waals surface area contributed by atoms with E-state index >= 15 is 0 Å². The van der Waals surface area contributed by atoms with Gasteiger partial charge >= 0.3 is 17.6 Å². The number of esters is 2. The van der Waals surface area contributed by atoms with Gasteiger partial charge in [0.05, 0.1) is 11.5 Å². The highest BCUT2D eigenvalue weighted by molar-refractivity contribution is 5.86. The smallest absolute Gasteiger partial charge is 0.328 e. The van der Waals surface area contributed by atoms with Crippen LogP contribution in [0.5, 0.6) is 0 Å². The van der Waals surface area contributed by atoms with Crippen LogP contribution in [0.4, 0.5) is 5.69 Å². The second-order valence-corrected chi connectivity index (χ2v) is 6.45. The number of nitrogens with zero attached hydrogens (tertiary/aromatic N) is 4. The van der Waals surface area contributed by atoms with E-state index in [4.69, 9.17) is 9.47 Å². The van der Waals surface area contributed by atoms with Crippen LogP contribution in [0, 0.1) is 24.0 Å². The first-order valence-electron chi connectivity index (χ1n) is 9.06. The van der Waals surface area contributed by atoms with E-state index in [9.17, 15) is 24.5 Å². The molecule has 0 N–H and O–H groups in total. The molecule has 1 aliphatic heterocycles. The Balaban J connectivity index is 1.94. The lowest BCUT2D eigenvalue weighted by Crippen LogP contribution is -2.50. The van der Waals surface area contributed by atoms with Crippen LogP contribution in [0.25, 0.3) is 0 Å². The number of hydrogen-bond acceptors (Lipinski definition) is 8. The van der Waals surface area contributed by atoms with Crippen LogP contribution >= 0.6 is 0 Å². The Kier molecular flexibility index (Phi) is 7.07. The van der Waals surface area contributed by atoms with Crippen molar-refractivity contribution in [2.45, 2.75) is 52.6 Å². The Bertz CT molecular complexity index is 774. The number of ether oxygens (including phenoxy) is 2. The second-order valence-electron chi connectivity index (χ2n) is 6.45. The molecule has 1 atom stereocenters. The van der Waals surface area contributed by atoms with Gasteiger partial charge in [-0.15, -0.1) is 0 Å². The normalized spacial score (nSPS) is 16.5. The van der Waals surface area contributed by atoms with Gasteiger partial charge in [-0.05, 0) is 40.0 Å². The van der Waals surface area contributed by atoms with Crippen LogP contribution in [-0.4, -0.2) is 63.2 Å². The first kappa shape index (κ1) is 21.3. The number of aryl methyl sites for hydroxylation is 1. The molecule has 0 aliphatic carbocycles. The van der Waals surface area contributed by atoms with Crippen LogP contribution in [0.15, 0.2) is 0 Å². The van der Waals surface area contributed by atoms with Gasteiger partial charge in [0.15, 0.2) is 6.61 Å². The predicted molar refractivity (Wildman–Crippen MR) is 95.3 cm³/mol. The molecule has 0 bridgehead atoms. The first-order chi connectivity index (χ1) is 13.3. The van der Waals surface area contributed by atoms with Crippen molar-refractivity contribution < 1.29 is 28.8 Å². The maximum absolute atomic E-state index is 12.4. The van der Waals surface area contributed by atoms with Crippen molar-refractivity contribution in [2.75, 3.05) is 19.8 Å². The van der Waals surface area contributed by atoms with Crippen molar-refractivity contribution in [1.29, 1.82) is 0 Å². The highest BCUT2D eigenvalue weighted by Gasteiger charge is 2.33. The zero-order valence-electron chi connectivity index (χ0n) is 16.2. The topological polar surface area (TPSA) is 134 Å². The Morgan fingerprint density at radius 3 is 2.57 bits per heavy atom. The van der Waals surface area contributed by atoms with E-state index in [0.717, 1.165) is 12.8 Å². The molecule has 11 heteroatoms. The molecule has 0 radical (unpaired) electrons. The number of hydrogen-bond donors (Lipinski definition) is 0. The zero-order valence-corrected chi connectivity index (χ0v) is 16.2. The van der Waals surface area contributed by atoms with Crippen molar-refractivity contribution in [2.24, 2.45) is 0 Å². The molecule has 0 spiro atoms. The predicted octanol–water partition coefficient (Wildman–Crippen LogP) is 0.896. The maximum Gasteiger partial charge on any atom is 0.328 e. The largest absolute Gasteiger partial charge is 0.464 e. The molecule has 1 aromatic rings. The van der Waals surface area contributed by atoms with Crippen LogP contribution in [0.1, 0.15) is 37.6 Å². The van der Waals surface area contributed by atoms with Gasteiger partial charge in [-0.3, -0.25) is 24.4 Å². The third-order valence-corrected chi connectivity index (χ3v) is 4.54. The van der Waals surface area contributed by atoms with Crippen molar-refractivity contribution >= 4 is 23.5 Å². The van der Waals surface area contributed by atoms with Gasteiger partial charge in [0.25, 0.3) is 5.91 Å². The molecule has 154 valence electrons. The van der Waals surface area contributed by atoms with Crippen molar-refractivity contribution in [3.8, 4) is 0 Å². The maximum atomic E-state index is 12.4. The summed E-state index contributed by atoms with van der Waals surface area (Å²) in [6, 6.07) is -0.668. The summed E-state index contributed by atoms with van der Waals surface area (Å²) in [4.78, 5) is 48.3. The molecule has 2 heterocycles. The molecule has 1 saturated heterocycles. The van der Waals surface area contributed by atoms with Gasteiger partial charge in [0.1, 0.15) is 24.0 Å². The number of carbonyl (C=O) groups is 3. The molecule has 1 fully saturated rings. The van der Waals surface area contributed by atoms with Crippen molar-refractivity contribution in [1.82, 2.24) is 14.7 Å². The molecule has 1 amide bonds. The lowest BCUT2D eigenvalue weighted by atomic mass is 10.0. The molecular formula is C17H24N4O7. The standard InChI is InChI=1S/C17H24N4O7/c1-4-27-17(24)13-7-5-6-8-19(13)14(22)10-28-15(23)9-20-12(3)16(21(25)26)11(2)18-20/h13H,4-10H2,1-3H3. The van der Waals surface area contributed by atoms with Crippen LogP contribution in [0.3, 0.4) is 0 Å². The SMILES string of the molecule is CCOC(=O)C1CCCCN1C(=O)COC(=O)Cn1nc(C)c([N+](=O)[O-])c1C. The number of rotatable bonds is 7. The van der Waals surface area contributed by atoms with E-state index in [0.29, 0.717) is 13.0 Å².